The number of nitrogens with one attached hydrogen (secondary N) is 1. The Labute approximate surface area is 151 Å². The largest absolute Gasteiger partial charge is 0.496 e. The van der Waals surface area contributed by atoms with Crippen LogP contribution in [0.25, 0.3) is 6.08 Å². The second kappa shape index (κ2) is 9.22. The van der Waals surface area contributed by atoms with Crippen LogP contribution in [0.3, 0.4) is 0 Å². The van der Waals surface area contributed by atoms with Gasteiger partial charge in [0.2, 0.25) is 5.91 Å². The van der Waals surface area contributed by atoms with Crippen molar-refractivity contribution in [2.75, 3.05) is 19.0 Å². The lowest BCUT2D eigenvalue weighted by Crippen LogP contribution is -2.09. The van der Waals surface area contributed by atoms with Crippen LogP contribution in [-0.4, -0.2) is 24.5 Å². The molecule has 0 saturated carbocycles. The first-order chi connectivity index (χ1) is 12.5. The van der Waals surface area contributed by atoms with Gasteiger partial charge in [0.05, 0.1) is 24.7 Å². The highest BCUT2D eigenvalue weighted by Gasteiger charge is 2.16. The van der Waals surface area contributed by atoms with Crippen molar-refractivity contribution in [3.05, 3.63) is 64.2 Å². The summed E-state index contributed by atoms with van der Waals surface area (Å²) < 4.78 is 10.5. The number of nitro groups is 1. The number of benzene rings is 2. The fraction of sp³-hybridized carbons (Fsp3) is 0.211. The molecule has 0 saturated heterocycles. The first kappa shape index (κ1) is 19.0. The topological polar surface area (TPSA) is 90.7 Å². The Balaban J connectivity index is 2.04. The van der Waals surface area contributed by atoms with E-state index in [4.69, 9.17) is 9.47 Å². The van der Waals surface area contributed by atoms with Gasteiger partial charge in [-0.25, -0.2) is 0 Å². The van der Waals surface area contributed by atoms with Gasteiger partial charge in [-0.1, -0.05) is 19.1 Å². The van der Waals surface area contributed by atoms with E-state index < -0.39 is 10.8 Å². The standard InChI is InChI=1S/C19H20N2O5/c1-3-12-26-15-7-4-14(5-8-15)6-11-19(22)20-17-10-9-16(25-2)13-18(17)21(23)24/h4-11,13H,3,12H2,1-2H3,(H,20,22). The van der Waals surface area contributed by atoms with Crippen molar-refractivity contribution in [3.8, 4) is 11.5 Å². The lowest BCUT2D eigenvalue weighted by atomic mass is 10.2. The van der Waals surface area contributed by atoms with Crippen LogP contribution in [0.2, 0.25) is 0 Å². The lowest BCUT2D eigenvalue weighted by Gasteiger charge is -2.06. The maximum atomic E-state index is 12.0. The van der Waals surface area contributed by atoms with Crippen LogP contribution in [0.4, 0.5) is 11.4 Å². The monoisotopic (exact) mass is 356 g/mol. The van der Waals surface area contributed by atoms with Gasteiger partial charge in [-0.3, -0.25) is 14.9 Å². The highest BCUT2D eigenvalue weighted by molar-refractivity contribution is 6.03. The molecule has 2 rings (SSSR count). The van der Waals surface area contributed by atoms with Crippen LogP contribution in [-0.2, 0) is 4.79 Å². The molecule has 0 radical (unpaired) electrons. The molecule has 0 fully saturated rings. The Hall–Kier alpha value is -3.35. The molecule has 26 heavy (non-hydrogen) atoms. The minimum atomic E-state index is -0.573. The Morgan fingerprint density at radius 1 is 1.19 bits per heavy atom. The molecule has 7 heteroatoms. The van der Waals surface area contributed by atoms with Crippen LogP contribution in [0.1, 0.15) is 18.9 Å². The van der Waals surface area contributed by atoms with E-state index in [-0.39, 0.29) is 11.4 Å². The maximum Gasteiger partial charge on any atom is 0.296 e. The number of nitro benzene ring substituents is 1. The van der Waals surface area contributed by atoms with Gasteiger partial charge in [-0.2, -0.15) is 0 Å². The zero-order chi connectivity index (χ0) is 18.9. The van der Waals surface area contributed by atoms with Gasteiger partial charge in [0.25, 0.3) is 5.69 Å². The number of amides is 1. The van der Waals surface area contributed by atoms with Gasteiger partial charge in [-0.15, -0.1) is 0 Å². The predicted molar refractivity (Wildman–Crippen MR) is 99.5 cm³/mol. The van der Waals surface area contributed by atoms with E-state index in [9.17, 15) is 14.9 Å². The minimum absolute atomic E-state index is 0.105. The van der Waals surface area contributed by atoms with Gasteiger partial charge >= 0.3 is 0 Å². The zero-order valence-corrected chi connectivity index (χ0v) is 14.6. The fourth-order valence-electron chi connectivity index (χ4n) is 2.14. The highest BCUT2D eigenvalue weighted by atomic mass is 16.6. The maximum absolute atomic E-state index is 12.0. The lowest BCUT2D eigenvalue weighted by molar-refractivity contribution is -0.384. The summed E-state index contributed by atoms with van der Waals surface area (Å²) in [6.45, 7) is 2.68. The number of carbonyl (C=O) groups is 1. The van der Waals surface area contributed by atoms with Crippen molar-refractivity contribution in [2.24, 2.45) is 0 Å². The van der Waals surface area contributed by atoms with Crippen molar-refractivity contribution in [3.63, 3.8) is 0 Å². The predicted octanol–water partition coefficient (Wildman–Crippen LogP) is 4.04. The van der Waals surface area contributed by atoms with E-state index in [1.54, 1.807) is 12.1 Å². The molecular weight excluding hydrogens is 336 g/mol. The highest BCUT2D eigenvalue weighted by Crippen LogP contribution is 2.28. The molecule has 0 bridgehead atoms. The number of hydrogen-bond donors (Lipinski definition) is 1. The first-order valence-corrected chi connectivity index (χ1v) is 8.08. The molecule has 0 aromatic heterocycles. The van der Waals surface area contributed by atoms with Crippen LogP contribution in [0.5, 0.6) is 11.5 Å². The smallest absolute Gasteiger partial charge is 0.296 e. The van der Waals surface area contributed by atoms with Gasteiger partial charge < -0.3 is 14.8 Å². The van der Waals surface area contributed by atoms with E-state index in [1.807, 2.05) is 31.2 Å². The van der Waals surface area contributed by atoms with Crippen molar-refractivity contribution < 1.29 is 19.2 Å². The van der Waals surface area contributed by atoms with Crippen LogP contribution < -0.4 is 14.8 Å². The van der Waals surface area contributed by atoms with Gasteiger partial charge in [0, 0.05) is 6.08 Å². The second-order valence-corrected chi connectivity index (χ2v) is 5.38. The molecule has 0 aliphatic carbocycles. The summed E-state index contributed by atoms with van der Waals surface area (Å²) in [5.74, 6) is 0.641. The van der Waals surface area contributed by atoms with E-state index in [1.165, 1.54) is 25.3 Å². The van der Waals surface area contributed by atoms with Crippen LogP contribution >= 0.6 is 0 Å². The third-order valence-electron chi connectivity index (χ3n) is 3.44. The van der Waals surface area contributed by atoms with E-state index in [0.29, 0.717) is 12.4 Å². The average molecular weight is 356 g/mol. The molecule has 0 atom stereocenters. The summed E-state index contributed by atoms with van der Waals surface area (Å²) in [7, 11) is 1.42. The van der Waals surface area contributed by atoms with E-state index >= 15 is 0 Å². The average Bonchev–Trinajstić information content (AvgIpc) is 2.65. The number of anilines is 1. The molecular formula is C19H20N2O5. The number of nitrogens with zero attached hydrogens (tertiary/aromatic N) is 1. The molecule has 2 aromatic rings. The van der Waals surface area contributed by atoms with Crippen molar-refractivity contribution >= 4 is 23.4 Å². The number of hydrogen-bond acceptors (Lipinski definition) is 5. The van der Waals surface area contributed by atoms with Crippen LogP contribution in [0, 0.1) is 10.1 Å². The molecule has 1 N–H and O–H groups in total. The summed E-state index contributed by atoms with van der Waals surface area (Å²) in [6, 6.07) is 11.5. The minimum Gasteiger partial charge on any atom is -0.496 e. The SMILES string of the molecule is CCCOc1ccc(C=CC(=O)Nc2ccc(OC)cc2[N+](=O)[O-])cc1. The van der Waals surface area contributed by atoms with E-state index in [2.05, 4.69) is 5.32 Å². The van der Waals surface area contributed by atoms with Gasteiger partial charge in [-0.05, 0) is 42.3 Å². The molecule has 0 heterocycles. The normalized spacial score (nSPS) is 10.5. The summed E-state index contributed by atoms with van der Waals surface area (Å²) >= 11 is 0. The Kier molecular flexibility index (Phi) is 6.73. The number of rotatable bonds is 8. The molecule has 2 aromatic carbocycles. The second-order valence-electron chi connectivity index (χ2n) is 5.38. The molecule has 0 aliphatic heterocycles. The Morgan fingerprint density at radius 3 is 2.50 bits per heavy atom. The summed E-state index contributed by atoms with van der Waals surface area (Å²) in [4.78, 5) is 22.6. The number of methoxy groups -OCH3 is 1. The summed E-state index contributed by atoms with van der Waals surface area (Å²) in [6.07, 6.45) is 3.86. The molecule has 0 unspecified atom stereocenters. The number of carbonyl (C=O) groups excluding carboxylic acids is 1. The third-order valence-corrected chi connectivity index (χ3v) is 3.44. The molecule has 0 spiro atoms. The van der Waals surface area contributed by atoms with Crippen LogP contribution in [0.15, 0.2) is 48.5 Å². The van der Waals surface area contributed by atoms with Crippen molar-refractivity contribution in [1.82, 2.24) is 0 Å². The summed E-state index contributed by atoms with van der Waals surface area (Å²) in [5.41, 5.74) is 0.686. The third kappa shape index (κ3) is 5.34. The molecule has 136 valence electrons. The van der Waals surface area contributed by atoms with Gasteiger partial charge in [0.15, 0.2) is 0 Å². The van der Waals surface area contributed by atoms with E-state index in [0.717, 1.165) is 17.7 Å². The first-order valence-electron chi connectivity index (χ1n) is 8.08. The Morgan fingerprint density at radius 2 is 1.88 bits per heavy atom. The molecule has 0 aliphatic rings. The molecule has 1 amide bonds. The summed E-state index contributed by atoms with van der Waals surface area (Å²) in [5, 5.41) is 13.6. The Bertz CT molecular complexity index is 800. The fourth-order valence-corrected chi connectivity index (χ4v) is 2.14. The van der Waals surface area contributed by atoms with Crippen molar-refractivity contribution in [1.29, 1.82) is 0 Å². The number of ether oxygens (including phenoxy) is 2. The zero-order valence-electron chi connectivity index (χ0n) is 14.6. The molecule has 7 nitrogen and oxygen atoms in total. The van der Waals surface area contributed by atoms with Crippen molar-refractivity contribution in [2.45, 2.75) is 13.3 Å². The van der Waals surface area contributed by atoms with Gasteiger partial charge in [0.1, 0.15) is 17.2 Å². The quantitative estimate of drug-likeness (QED) is 0.438.